The second kappa shape index (κ2) is 4.86. The predicted molar refractivity (Wildman–Crippen MR) is 88.4 cm³/mol. The first kappa shape index (κ1) is 13.4. The Kier molecular flexibility index (Phi) is 2.95. The second-order valence-corrected chi connectivity index (χ2v) is 6.06. The molecule has 0 saturated heterocycles. The van der Waals surface area contributed by atoms with Gasteiger partial charge in [0.15, 0.2) is 11.2 Å². The highest BCUT2D eigenvalue weighted by Gasteiger charge is 2.14. The van der Waals surface area contributed by atoms with Crippen molar-refractivity contribution in [3.05, 3.63) is 50.3 Å². The summed E-state index contributed by atoms with van der Waals surface area (Å²) in [6, 6.07) is 7.09. The maximum absolute atomic E-state index is 12.7. The first-order valence-electron chi connectivity index (χ1n) is 6.50. The first-order chi connectivity index (χ1) is 10.6. The Morgan fingerprint density at radius 1 is 1.18 bits per heavy atom. The third-order valence-electron chi connectivity index (χ3n) is 3.39. The molecule has 3 aromatic heterocycles. The lowest BCUT2D eigenvalue weighted by Crippen LogP contribution is -2.16. The largest absolute Gasteiger partial charge is 0.285 e. The minimum atomic E-state index is -0.221. The summed E-state index contributed by atoms with van der Waals surface area (Å²) in [4.78, 5) is 21.6. The van der Waals surface area contributed by atoms with Crippen molar-refractivity contribution < 1.29 is 0 Å². The normalized spacial score (nSPS) is 11.4. The van der Waals surface area contributed by atoms with E-state index in [0.717, 1.165) is 5.56 Å². The minimum absolute atomic E-state index is 0.221. The van der Waals surface area contributed by atoms with Crippen LogP contribution in [0.25, 0.3) is 33.5 Å². The highest BCUT2D eigenvalue weighted by atomic mass is 35.5. The van der Waals surface area contributed by atoms with Gasteiger partial charge in [0.05, 0.1) is 11.0 Å². The monoisotopic (exact) mass is 328 g/mol. The van der Waals surface area contributed by atoms with Crippen LogP contribution in [-0.2, 0) is 7.05 Å². The summed E-state index contributed by atoms with van der Waals surface area (Å²) in [6.45, 7) is 0. The van der Waals surface area contributed by atoms with Crippen LogP contribution in [0.3, 0.4) is 0 Å². The van der Waals surface area contributed by atoms with Crippen LogP contribution >= 0.6 is 22.9 Å². The van der Waals surface area contributed by atoms with Gasteiger partial charge in [-0.15, -0.1) is 0 Å². The maximum atomic E-state index is 12.7. The van der Waals surface area contributed by atoms with Crippen molar-refractivity contribution in [1.82, 2.24) is 19.7 Å². The molecule has 0 radical (unpaired) electrons. The van der Waals surface area contributed by atoms with Crippen LogP contribution in [0.4, 0.5) is 0 Å². The van der Waals surface area contributed by atoms with Crippen LogP contribution in [-0.4, -0.2) is 19.7 Å². The van der Waals surface area contributed by atoms with E-state index >= 15 is 0 Å². The van der Waals surface area contributed by atoms with Gasteiger partial charge in [-0.3, -0.25) is 4.79 Å². The lowest BCUT2D eigenvalue weighted by atomic mass is 10.2. The lowest BCUT2D eigenvalue weighted by Gasteiger charge is -2.07. The minimum Gasteiger partial charge on any atom is -0.285 e. The summed E-state index contributed by atoms with van der Waals surface area (Å²) in [7, 11) is 1.76. The maximum Gasteiger partial charge on any atom is 0.236 e. The van der Waals surface area contributed by atoms with Gasteiger partial charge >= 0.3 is 0 Å². The summed E-state index contributed by atoms with van der Waals surface area (Å²) in [5.74, 6) is 0. The molecule has 1 aromatic carbocycles. The SMILES string of the molecule is Cn1nc(-c2ccsc2)c(=O)c2nc3cc(Cl)ccc3nc21. The fourth-order valence-electron chi connectivity index (χ4n) is 2.34. The van der Waals surface area contributed by atoms with E-state index in [1.165, 1.54) is 11.3 Å². The number of thiophene rings is 1. The van der Waals surface area contributed by atoms with E-state index in [1.54, 1.807) is 29.9 Å². The zero-order chi connectivity index (χ0) is 15.3. The van der Waals surface area contributed by atoms with Crippen LogP contribution in [0.1, 0.15) is 0 Å². The second-order valence-electron chi connectivity index (χ2n) is 4.84. The lowest BCUT2D eigenvalue weighted by molar-refractivity contribution is 0.766. The van der Waals surface area contributed by atoms with Gasteiger partial charge < -0.3 is 0 Å². The summed E-state index contributed by atoms with van der Waals surface area (Å²) in [6.07, 6.45) is 0. The van der Waals surface area contributed by atoms with Crippen molar-refractivity contribution in [3.63, 3.8) is 0 Å². The third kappa shape index (κ3) is 2.00. The van der Waals surface area contributed by atoms with E-state index in [9.17, 15) is 4.79 Å². The topological polar surface area (TPSA) is 60.7 Å². The van der Waals surface area contributed by atoms with E-state index in [2.05, 4.69) is 15.1 Å². The van der Waals surface area contributed by atoms with Gasteiger partial charge in [0, 0.05) is 23.0 Å². The van der Waals surface area contributed by atoms with Crippen LogP contribution in [0.5, 0.6) is 0 Å². The fraction of sp³-hybridized carbons (Fsp3) is 0.0667. The molecule has 0 fully saturated rings. The number of fused-ring (bicyclic) bond motifs is 2. The molecule has 4 aromatic rings. The predicted octanol–water partition coefficient (Wildman–Crippen LogP) is 3.26. The van der Waals surface area contributed by atoms with Gasteiger partial charge in [0.2, 0.25) is 5.43 Å². The van der Waals surface area contributed by atoms with E-state index in [-0.39, 0.29) is 5.43 Å². The number of hydrogen-bond acceptors (Lipinski definition) is 5. The van der Waals surface area contributed by atoms with Gasteiger partial charge in [-0.1, -0.05) is 11.6 Å². The van der Waals surface area contributed by atoms with E-state index in [0.29, 0.717) is 32.9 Å². The standard InChI is InChI=1S/C15H9ClN4OS/c1-20-15-13(14(21)12(19-20)8-4-5-22-7-8)17-11-6-9(16)2-3-10(11)18-15/h2-7H,1H3. The van der Waals surface area contributed by atoms with E-state index < -0.39 is 0 Å². The van der Waals surface area contributed by atoms with Gasteiger partial charge in [0.25, 0.3) is 0 Å². The molecular formula is C15H9ClN4OS. The molecule has 7 heteroatoms. The molecule has 5 nitrogen and oxygen atoms in total. The van der Waals surface area contributed by atoms with Crippen molar-refractivity contribution in [3.8, 4) is 11.3 Å². The van der Waals surface area contributed by atoms with Crippen molar-refractivity contribution >= 4 is 45.1 Å². The molecular weight excluding hydrogens is 320 g/mol. The Bertz CT molecular complexity index is 1070. The Hall–Kier alpha value is -2.31. The molecule has 0 spiro atoms. The number of benzene rings is 1. The number of hydrogen-bond donors (Lipinski definition) is 0. The van der Waals surface area contributed by atoms with Gasteiger partial charge in [-0.25, -0.2) is 14.6 Å². The molecule has 0 N–H and O–H groups in total. The van der Waals surface area contributed by atoms with E-state index in [4.69, 9.17) is 11.6 Å². The summed E-state index contributed by atoms with van der Waals surface area (Å²) < 4.78 is 1.59. The highest BCUT2D eigenvalue weighted by molar-refractivity contribution is 7.08. The van der Waals surface area contributed by atoms with Gasteiger partial charge in [-0.05, 0) is 29.6 Å². The molecule has 108 valence electrons. The Morgan fingerprint density at radius 3 is 2.82 bits per heavy atom. The molecule has 3 heterocycles. The number of halogens is 1. The van der Waals surface area contributed by atoms with Crippen molar-refractivity contribution in [2.45, 2.75) is 0 Å². The number of nitrogens with zero attached hydrogens (tertiary/aromatic N) is 4. The number of aromatic nitrogens is 4. The molecule has 0 unspecified atom stereocenters. The average molecular weight is 329 g/mol. The zero-order valence-corrected chi connectivity index (χ0v) is 13.0. The molecule has 0 bridgehead atoms. The van der Waals surface area contributed by atoms with E-state index in [1.807, 2.05) is 16.8 Å². The Morgan fingerprint density at radius 2 is 2.05 bits per heavy atom. The number of aryl methyl sites for hydroxylation is 1. The van der Waals surface area contributed by atoms with Crippen LogP contribution in [0.15, 0.2) is 39.8 Å². The van der Waals surface area contributed by atoms with Crippen LogP contribution in [0, 0.1) is 0 Å². The molecule has 0 aliphatic rings. The van der Waals surface area contributed by atoms with Crippen molar-refractivity contribution in [2.75, 3.05) is 0 Å². The first-order valence-corrected chi connectivity index (χ1v) is 7.82. The molecule has 4 rings (SSSR count). The molecule has 0 atom stereocenters. The molecule has 0 amide bonds. The molecule has 0 aliphatic carbocycles. The fourth-order valence-corrected chi connectivity index (χ4v) is 3.15. The molecule has 0 aliphatic heterocycles. The highest BCUT2D eigenvalue weighted by Crippen LogP contribution is 2.21. The van der Waals surface area contributed by atoms with Crippen molar-refractivity contribution in [1.29, 1.82) is 0 Å². The summed E-state index contributed by atoms with van der Waals surface area (Å²) in [5.41, 5.74) is 2.98. The van der Waals surface area contributed by atoms with Crippen molar-refractivity contribution in [2.24, 2.45) is 7.05 Å². The zero-order valence-electron chi connectivity index (χ0n) is 11.4. The van der Waals surface area contributed by atoms with Crippen LogP contribution < -0.4 is 5.43 Å². The summed E-state index contributed by atoms with van der Waals surface area (Å²) in [5, 5.41) is 8.71. The third-order valence-corrected chi connectivity index (χ3v) is 4.31. The average Bonchev–Trinajstić information content (AvgIpc) is 3.03. The Balaban J connectivity index is 2.14. The molecule has 0 saturated carbocycles. The Labute approximate surface area is 133 Å². The van der Waals surface area contributed by atoms with Crippen LogP contribution in [0.2, 0.25) is 5.02 Å². The summed E-state index contributed by atoms with van der Waals surface area (Å²) >= 11 is 7.51. The smallest absolute Gasteiger partial charge is 0.236 e. The quantitative estimate of drug-likeness (QED) is 0.503. The van der Waals surface area contributed by atoms with Gasteiger partial charge in [-0.2, -0.15) is 16.4 Å². The molecule has 22 heavy (non-hydrogen) atoms. The number of rotatable bonds is 1. The van der Waals surface area contributed by atoms with Gasteiger partial charge in [0.1, 0.15) is 5.69 Å².